The molecule has 0 bridgehead atoms. The molecule has 0 N–H and O–H groups in total. The van der Waals surface area contributed by atoms with Crippen LogP contribution in [0.25, 0.3) is 0 Å². The van der Waals surface area contributed by atoms with Crippen LogP contribution in [0.3, 0.4) is 0 Å². The third-order valence-electron chi connectivity index (χ3n) is 4.49. The van der Waals surface area contributed by atoms with Crippen LogP contribution < -0.4 is 4.90 Å². The number of hydrogen-bond acceptors (Lipinski definition) is 5. The predicted octanol–water partition coefficient (Wildman–Crippen LogP) is 2.91. The molecule has 1 aliphatic rings. The molecule has 3 heterocycles. The highest BCUT2D eigenvalue weighted by molar-refractivity contribution is 7.10. The lowest BCUT2D eigenvalue weighted by molar-refractivity contribution is -0.130. The minimum atomic E-state index is 0.179. The SMILES string of the molecule is Cc1cc(C)c(C#N)c(N2CCCN(C(=O)Cc3cccs3)CC2)n1. The van der Waals surface area contributed by atoms with Crippen LogP contribution in [-0.2, 0) is 11.2 Å². The van der Waals surface area contributed by atoms with Gasteiger partial charge in [0.25, 0.3) is 0 Å². The first-order valence-electron chi connectivity index (χ1n) is 8.52. The van der Waals surface area contributed by atoms with Crippen LogP contribution in [0.2, 0.25) is 0 Å². The molecule has 2 aromatic heterocycles. The molecule has 1 aliphatic heterocycles. The fourth-order valence-corrected chi connectivity index (χ4v) is 3.93. The number of nitrogens with zero attached hydrogens (tertiary/aromatic N) is 4. The number of carbonyl (C=O) groups is 1. The lowest BCUT2D eigenvalue weighted by atomic mass is 10.1. The zero-order valence-electron chi connectivity index (χ0n) is 14.7. The summed E-state index contributed by atoms with van der Waals surface area (Å²) < 4.78 is 0. The number of hydrogen-bond donors (Lipinski definition) is 0. The molecule has 130 valence electrons. The van der Waals surface area contributed by atoms with Gasteiger partial charge in [0.05, 0.1) is 12.0 Å². The van der Waals surface area contributed by atoms with Crippen molar-refractivity contribution < 1.29 is 4.79 Å². The largest absolute Gasteiger partial charge is 0.354 e. The van der Waals surface area contributed by atoms with Gasteiger partial charge in [-0.1, -0.05) is 6.07 Å². The van der Waals surface area contributed by atoms with Crippen molar-refractivity contribution in [1.82, 2.24) is 9.88 Å². The summed E-state index contributed by atoms with van der Waals surface area (Å²) in [6, 6.07) is 8.21. The molecule has 0 aliphatic carbocycles. The van der Waals surface area contributed by atoms with E-state index in [-0.39, 0.29) is 5.91 Å². The molecule has 1 amide bonds. The average Bonchev–Trinajstić information content (AvgIpc) is 2.95. The smallest absolute Gasteiger partial charge is 0.227 e. The first-order valence-corrected chi connectivity index (χ1v) is 9.40. The summed E-state index contributed by atoms with van der Waals surface area (Å²) in [7, 11) is 0. The molecule has 0 saturated carbocycles. The van der Waals surface area contributed by atoms with Crippen LogP contribution in [0.15, 0.2) is 23.6 Å². The van der Waals surface area contributed by atoms with Crippen LogP contribution in [0.5, 0.6) is 0 Å². The van der Waals surface area contributed by atoms with Crippen LogP contribution in [0, 0.1) is 25.2 Å². The van der Waals surface area contributed by atoms with Crippen molar-refractivity contribution >= 4 is 23.1 Å². The molecule has 25 heavy (non-hydrogen) atoms. The summed E-state index contributed by atoms with van der Waals surface area (Å²) in [5.74, 6) is 0.936. The van der Waals surface area contributed by atoms with E-state index in [0.29, 0.717) is 25.1 Å². The second kappa shape index (κ2) is 7.66. The molecular formula is C19H22N4OS. The first kappa shape index (κ1) is 17.4. The van der Waals surface area contributed by atoms with Crippen molar-refractivity contribution in [2.75, 3.05) is 31.1 Å². The highest BCUT2D eigenvalue weighted by Crippen LogP contribution is 2.23. The van der Waals surface area contributed by atoms with Gasteiger partial charge in [-0.3, -0.25) is 4.79 Å². The Balaban J connectivity index is 1.72. The number of aryl methyl sites for hydroxylation is 2. The quantitative estimate of drug-likeness (QED) is 0.850. The summed E-state index contributed by atoms with van der Waals surface area (Å²) in [6.07, 6.45) is 1.36. The minimum Gasteiger partial charge on any atom is -0.354 e. The fraction of sp³-hybridized carbons (Fsp3) is 0.421. The van der Waals surface area contributed by atoms with E-state index in [1.54, 1.807) is 11.3 Å². The van der Waals surface area contributed by atoms with Gasteiger partial charge in [-0.05, 0) is 43.3 Å². The standard InChI is InChI=1S/C19H22N4OS/c1-14-11-15(2)21-19(17(14)13-20)23-7-4-6-22(8-9-23)18(24)12-16-5-3-10-25-16/h3,5,10-11H,4,6-9,12H2,1-2H3. The number of thiophene rings is 1. The number of amides is 1. The predicted molar refractivity (Wildman–Crippen MR) is 99.9 cm³/mol. The lowest BCUT2D eigenvalue weighted by Gasteiger charge is -2.24. The summed E-state index contributed by atoms with van der Waals surface area (Å²) in [6.45, 7) is 6.85. The van der Waals surface area contributed by atoms with Gasteiger partial charge in [0.15, 0.2) is 0 Å². The first-order chi connectivity index (χ1) is 12.1. The molecule has 0 aromatic carbocycles. The highest BCUT2D eigenvalue weighted by Gasteiger charge is 2.22. The van der Waals surface area contributed by atoms with E-state index in [0.717, 1.165) is 41.5 Å². The molecule has 6 heteroatoms. The Hall–Kier alpha value is -2.39. The summed E-state index contributed by atoms with van der Waals surface area (Å²) in [5, 5.41) is 11.5. The average molecular weight is 354 g/mol. The molecule has 0 atom stereocenters. The molecule has 3 rings (SSSR count). The highest BCUT2D eigenvalue weighted by atomic mass is 32.1. The van der Waals surface area contributed by atoms with E-state index in [1.165, 1.54) is 0 Å². The molecule has 1 saturated heterocycles. The zero-order chi connectivity index (χ0) is 17.8. The monoisotopic (exact) mass is 354 g/mol. The topological polar surface area (TPSA) is 60.2 Å². The molecule has 0 radical (unpaired) electrons. The summed E-state index contributed by atoms with van der Waals surface area (Å²) in [4.78, 5) is 22.3. The number of rotatable bonds is 3. The summed E-state index contributed by atoms with van der Waals surface area (Å²) in [5.41, 5.74) is 2.52. The minimum absolute atomic E-state index is 0.179. The molecule has 1 fully saturated rings. The Bertz CT molecular complexity index is 794. The van der Waals surface area contributed by atoms with Gasteiger partial charge in [0.2, 0.25) is 5.91 Å². The van der Waals surface area contributed by atoms with Crippen LogP contribution in [0.4, 0.5) is 5.82 Å². The van der Waals surface area contributed by atoms with E-state index >= 15 is 0 Å². The lowest BCUT2D eigenvalue weighted by Crippen LogP contribution is -2.36. The number of anilines is 1. The van der Waals surface area contributed by atoms with Gasteiger partial charge in [-0.25, -0.2) is 4.98 Å². The number of aromatic nitrogens is 1. The number of nitriles is 1. The molecular weight excluding hydrogens is 332 g/mol. The van der Waals surface area contributed by atoms with Crippen LogP contribution >= 0.6 is 11.3 Å². The Morgan fingerprint density at radius 3 is 2.88 bits per heavy atom. The Kier molecular flexibility index (Phi) is 5.34. The van der Waals surface area contributed by atoms with Crippen molar-refractivity contribution in [3.8, 4) is 6.07 Å². The van der Waals surface area contributed by atoms with Gasteiger partial charge in [-0.15, -0.1) is 11.3 Å². The Morgan fingerprint density at radius 2 is 2.16 bits per heavy atom. The van der Waals surface area contributed by atoms with E-state index < -0.39 is 0 Å². The van der Waals surface area contributed by atoms with Gasteiger partial charge in [-0.2, -0.15) is 5.26 Å². The third kappa shape index (κ3) is 3.99. The van der Waals surface area contributed by atoms with E-state index in [9.17, 15) is 10.1 Å². The second-order valence-electron chi connectivity index (χ2n) is 6.37. The third-order valence-corrected chi connectivity index (χ3v) is 5.37. The maximum Gasteiger partial charge on any atom is 0.227 e. The van der Waals surface area contributed by atoms with Crippen molar-refractivity contribution in [3.05, 3.63) is 45.3 Å². The van der Waals surface area contributed by atoms with Gasteiger partial charge in [0, 0.05) is 36.8 Å². The maximum absolute atomic E-state index is 12.5. The van der Waals surface area contributed by atoms with Crippen molar-refractivity contribution in [2.45, 2.75) is 26.7 Å². The van der Waals surface area contributed by atoms with E-state index in [1.807, 2.05) is 42.3 Å². The summed E-state index contributed by atoms with van der Waals surface area (Å²) >= 11 is 1.62. The Labute approximate surface area is 152 Å². The van der Waals surface area contributed by atoms with E-state index in [4.69, 9.17) is 0 Å². The molecule has 2 aromatic rings. The fourth-order valence-electron chi connectivity index (χ4n) is 3.24. The van der Waals surface area contributed by atoms with E-state index in [2.05, 4.69) is 16.0 Å². The maximum atomic E-state index is 12.5. The van der Waals surface area contributed by atoms with Crippen molar-refractivity contribution in [1.29, 1.82) is 5.26 Å². The van der Waals surface area contributed by atoms with Crippen LogP contribution in [0.1, 0.15) is 28.1 Å². The normalized spacial score (nSPS) is 14.9. The van der Waals surface area contributed by atoms with Gasteiger partial charge >= 0.3 is 0 Å². The van der Waals surface area contributed by atoms with Crippen molar-refractivity contribution in [3.63, 3.8) is 0 Å². The molecule has 5 nitrogen and oxygen atoms in total. The number of carbonyl (C=O) groups excluding carboxylic acids is 1. The van der Waals surface area contributed by atoms with Crippen molar-refractivity contribution in [2.24, 2.45) is 0 Å². The molecule has 0 unspecified atom stereocenters. The zero-order valence-corrected chi connectivity index (χ0v) is 15.5. The van der Waals surface area contributed by atoms with Crippen LogP contribution in [-0.4, -0.2) is 42.0 Å². The molecule has 0 spiro atoms. The Morgan fingerprint density at radius 1 is 1.32 bits per heavy atom. The van der Waals surface area contributed by atoms with Gasteiger partial charge in [0.1, 0.15) is 11.9 Å². The second-order valence-corrected chi connectivity index (χ2v) is 7.40. The number of pyridine rings is 1. The van der Waals surface area contributed by atoms with Gasteiger partial charge < -0.3 is 9.80 Å².